The fraction of sp³-hybridized carbons (Fsp3) is 0.731. The number of unbranched alkanes of at least 4 members (excludes halogenated alkanes) is 9. The Bertz CT molecular complexity index is 731. The summed E-state index contributed by atoms with van der Waals surface area (Å²) in [6.45, 7) is 6.10. The van der Waals surface area contributed by atoms with Gasteiger partial charge in [-0.15, -0.1) is 0 Å². The second kappa shape index (κ2) is 16.5. The van der Waals surface area contributed by atoms with Crippen molar-refractivity contribution in [1.82, 2.24) is 0 Å². The maximum absolute atomic E-state index is 12.7. The Morgan fingerprint density at radius 1 is 0.812 bits per heavy atom. The van der Waals surface area contributed by atoms with Crippen LogP contribution < -0.4 is 4.74 Å². The standard InChI is InChI=1S/C26H43ClO4S/c1-4-7-9-11-13-15-17-22(16-14-12-10-8-5-2)31-23-18-20-24(21-19-23)32(29,30)25(6-3)26(27)28/h18-22,25H,4-17H2,1-3H3. The van der Waals surface area contributed by atoms with Crippen molar-refractivity contribution < 1.29 is 17.9 Å². The first-order chi connectivity index (χ1) is 15.4. The molecule has 1 aromatic rings. The molecule has 0 fully saturated rings. The molecule has 0 bridgehead atoms. The molecule has 0 heterocycles. The van der Waals surface area contributed by atoms with Crippen LogP contribution in [0, 0.1) is 0 Å². The van der Waals surface area contributed by atoms with Gasteiger partial charge in [0.1, 0.15) is 11.0 Å². The molecule has 0 aliphatic rings. The number of rotatable bonds is 19. The first-order valence-electron chi connectivity index (χ1n) is 12.6. The Morgan fingerprint density at radius 2 is 1.28 bits per heavy atom. The van der Waals surface area contributed by atoms with Crippen molar-refractivity contribution in [3.63, 3.8) is 0 Å². The molecule has 4 nitrogen and oxygen atoms in total. The predicted octanol–water partition coefficient (Wildman–Crippen LogP) is 7.86. The number of benzene rings is 1. The number of hydrogen-bond acceptors (Lipinski definition) is 4. The quantitative estimate of drug-likeness (QED) is 0.147. The molecule has 0 N–H and O–H groups in total. The van der Waals surface area contributed by atoms with Crippen molar-refractivity contribution in [2.24, 2.45) is 0 Å². The lowest BCUT2D eigenvalue weighted by Gasteiger charge is -2.20. The number of halogens is 1. The highest BCUT2D eigenvalue weighted by Crippen LogP contribution is 2.25. The molecule has 0 aliphatic heterocycles. The van der Waals surface area contributed by atoms with E-state index in [-0.39, 0.29) is 17.4 Å². The van der Waals surface area contributed by atoms with Crippen molar-refractivity contribution >= 4 is 26.7 Å². The monoisotopic (exact) mass is 486 g/mol. The summed E-state index contributed by atoms with van der Waals surface area (Å²) >= 11 is 5.50. The third-order valence-corrected chi connectivity index (χ3v) is 8.58. The molecule has 0 aliphatic carbocycles. The average molecular weight is 487 g/mol. The number of ether oxygens (including phenoxy) is 1. The third-order valence-electron chi connectivity index (χ3n) is 5.96. The van der Waals surface area contributed by atoms with E-state index >= 15 is 0 Å². The van der Waals surface area contributed by atoms with Crippen molar-refractivity contribution in [3.05, 3.63) is 24.3 Å². The zero-order valence-electron chi connectivity index (χ0n) is 20.3. The second-order valence-electron chi connectivity index (χ2n) is 8.72. The molecule has 2 atom stereocenters. The average Bonchev–Trinajstić information content (AvgIpc) is 2.76. The Hall–Kier alpha value is -1.07. The summed E-state index contributed by atoms with van der Waals surface area (Å²) in [6, 6.07) is 6.44. The number of carbonyl (C=O) groups excluding carboxylic acids is 1. The lowest BCUT2D eigenvalue weighted by Crippen LogP contribution is -2.26. The van der Waals surface area contributed by atoms with Gasteiger partial charge in [0.15, 0.2) is 9.84 Å². The van der Waals surface area contributed by atoms with Gasteiger partial charge < -0.3 is 4.74 Å². The Balaban J connectivity index is 2.72. The van der Waals surface area contributed by atoms with Gasteiger partial charge >= 0.3 is 0 Å². The molecular weight excluding hydrogens is 444 g/mol. The van der Waals surface area contributed by atoms with E-state index in [9.17, 15) is 13.2 Å². The van der Waals surface area contributed by atoms with Crippen molar-refractivity contribution in [2.75, 3.05) is 0 Å². The number of sulfone groups is 1. The van der Waals surface area contributed by atoms with E-state index < -0.39 is 20.3 Å². The minimum Gasteiger partial charge on any atom is -0.490 e. The molecule has 0 saturated heterocycles. The lowest BCUT2D eigenvalue weighted by molar-refractivity contribution is -0.111. The topological polar surface area (TPSA) is 60.4 Å². The van der Waals surface area contributed by atoms with Crippen LogP contribution in [0.1, 0.15) is 111 Å². The summed E-state index contributed by atoms with van der Waals surface area (Å²) in [7, 11) is -3.78. The second-order valence-corrected chi connectivity index (χ2v) is 11.2. The Labute approximate surface area is 201 Å². The minimum atomic E-state index is -3.78. The van der Waals surface area contributed by atoms with Gasteiger partial charge in [0.2, 0.25) is 5.24 Å². The highest BCUT2D eigenvalue weighted by atomic mass is 35.5. The van der Waals surface area contributed by atoms with Crippen LogP contribution in [0.3, 0.4) is 0 Å². The Kier molecular flexibility index (Phi) is 15.0. The molecular formula is C26H43ClO4S. The van der Waals surface area contributed by atoms with Gasteiger partial charge in [-0.05, 0) is 68.0 Å². The lowest BCUT2D eigenvalue weighted by atomic mass is 10.0. The summed E-state index contributed by atoms with van der Waals surface area (Å²) in [4.78, 5) is 11.6. The molecule has 0 aromatic heterocycles. The summed E-state index contributed by atoms with van der Waals surface area (Å²) < 4.78 is 31.6. The van der Waals surface area contributed by atoms with E-state index in [2.05, 4.69) is 13.8 Å². The highest BCUT2D eigenvalue weighted by Gasteiger charge is 2.31. The summed E-state index contributed by atoms with van der Waals surface area (Å²) in [5.74, 6) is 0.679. The van der Waals surface area contributed by atoms with Gasteiger partial charge in [-0.3, -0.25) is 4.79 Å². The zero-order chi connectivity index (χ0) is 23.8. The summed E-state index contributed by atoms with van der Waals surface area (Å²) in [5.41, 5.74) is 0. The first kappa shape index (κ1) is 29.0. The third kappa shape index (κ3) is 10.7. The normalized spacial score (nSPS) is 13.6. The SMILES string of the molecule is CCCCCCCCC(CCCCCCC)Oc1ccc(S(=O)(=O)C(CC)C(=O)Cl)cc1. The van der Waals surface area contributed by atoms with Crippen molar-refractivity contribution in [2.45, 2.75) is 127 Å². The van der Waals surface area contributed by atoms with E-state index in [1.165, 1.54) is 69.9 Å². The van der Waals surface area contributed by atoms with Crippen LogP contribution in [-0.4, -0.2) is 25.0 Å². The van der Waals surface area contributed by atoms with Crippen LogP contribution in [0.15, 0.2) is 29.2 Å². The van der Waals surface area contributed by atoms with Gasteiger partial charge in [-0.2, -0.15) is 0 Å². The van der Waals surface area contributed by atoms with Crippen LogP contribution in [0.4, 0.5) is 0 Å². The van der Waals surface area contributed by atoms with E-state index in [0.717, 1.165) is 25.7 Å². The highest BCUT2D eigenvalue weighted by molar-refractivity contribution is 7.93. The number of hydrogen-bond donors (Lipinski definition) is 0. The Morgan fingerprint density at radius 3 is 1.72 bits per heavy atom. The summed E-state index contributed by atoms with van der Waals surface area (Å²) in [5, 5.41) is -2.05. The van der Waals surface area contributed by atoms with Crippen molar-refractivity contribution in [1.29, 1.82) is 0 Å². The largest absolute Gasteiger partial charge is 0.490 e. The van der Waals surface area contributed by atoms with Gasteiger partial charge in [0, 0.05) is 0 Å². The van der Waals surface area contributed by atoms with E-state index in [4.69, 9.17) is 16.3 Å². The van der Waals surface area contributed by atoms with Gasteiger partial charge in [0.25, 0.3) is 0 Å². The van der Waals surface area contributed by atoms with Crippen LogP contribution >= 0.6 is 11.6 Å². The molecule has 0 spiro atoms. The van der Waals surface area contributed by atoms with E-state index in [1.54, 1.807) is 19.1 Å². The predicted molar refractivity (Wildman–Crippen MR) is 134 cm³/mol. The van der Waals surface area contributed by atoms with Gasteiger partial charge in [-0.25, -0.2) is 8.42 Å². The molecule has 1 rings (SSSR count). The van der Waals surface area contributed by atoms with Crippen LogP contribution in [0.5, 0.6) is 5.75 Å². The molecule has 184 valence electrons. The molecule has 32 heavy (non-hydrogen) atoms. The van der Waals surface area contributed by atoms with Crippen LogP contribution in [-0.2, 0) is 14.6 Å². The van der Waals surface area contributed by atoms with Gasteiger partial charge in [-0.1, -0.05) is 78.6 Å². The molecule has 0 radical (unpaired) electrons. The van der Waals surface area contributed by atoms with Crippen molar-refractivity contribution in [3.8, 4) is 5.75 Å². The first-order valence-corrected chi connectivity index (χ1v) is 14.5. The van der Waals surface area contributed by atoms with E-state index in [1.807, 2.05) is 0 Å². The molecule has 0 saturated carbocycles. The van der Waals surface area contributed by atoms with E-state index in [0.29, 0.717) is 5.75 Å². The van der Waals surface area contributed by atoms with Gasteiger partial charge in [0.05, 0.1) is 11.0 Å². The fourth-order valence-corrected chi connectivity index (χ4v) is 5.99. The molecule has 2 unspecified atom stereocenters. The maximum Gasteiger partial charge on any atom is 0.240 e. The maximum atomic E-state index is 12.7. The molecule has 6 heteroatoms. The van der Waals surface area contributed by atoms with Crippen LogP contribution in [0.25, 0.3) is 0 Å². The van der Waals surface area contributed by atoms with Crippen LogP contribution in [0.2, 0.25) is 0 Å². The summed E-state index contributed by atoms with van der Waals surface area (Å²) in [6.07, 6.45) is 16.1. The smallest absolute Gasteiger partial charge is 0.240 e. The number of carbonyl (C=O) groups is 1. The fourth-order valence-electron chi connectivity index (χ4n) is 3.96. The zero-order valence-corrected chi connectivity index (χ0v) is 21.9. The minimum absolute atomic E-state index is 0.109. The molecule has 1 aromatic carbocycles. The molecule has 0 amide bonds.